The van der Waals surface area contributed by atoms with E-state index < -0.39 is 0 Å². The molecule has 18 heavy (non-hydrogen) atoms. The molecule has 1 saturated heterocycles. The minimum absolute atomic E-state index is 0.747. The van der Waals surface area contributed by atoms with Gasteiger partial charge in [0.25, 0.3) is 0 Å². The molecule has 98 valence electrons. The molecular weight excluding hydrogens is 220 g/mol. The van der Waals surface area contributed by atoms with E-state index in [1.54, 1.807) is 0 Å². The zero-order valence-corrected chi connectivity index (χ0v) is 11.4. The number of nitrogens with two attached hydrogens (primary N) is 1. The van der Waals surface area contributed by atoms with Crippen molar-refractivity contribution in [3.8, 4) is 0 Å². The summed E-state index contributed by atoms with van der Waals surface area (Å²) in [4.78, 5) is 2.60. The Bertz CT molecular complexity index is 421. The van der Waals surface area contributed by atoms with Gasteiger partial charge in [0.05, 0.1) is 11.4 Å². The van der Waals surface area contributed by atoms with Crippen LogP contribution in [0.25, 0.3) is 0 Å². The summed E-state index contributed by atoms with van der Waals surface area (Å²) < 4.78 is 0. The maximum Gasteiger partial charge on any atom is 0.0605 e. The Labute approximate surface area is 110 Å². The van der Waals surface area contributed by atoms with E-state index in [-0.39, 0.29) is 0 Å². The summed E-state index contributed by atoms with van der Waals surface area (Å²) in [6.45, 7) is 3.30. The molecule has 2 heteroatoms. The molecule has 1 atom stereocenters. The minimum Gasteiger partial charge on any atom is -0.397 e. The summed E-state index contributed by atoms with van der Waals surface area (Å²) in [5.74, 6) is 0.910. The lowest BCUT2D eigenvalue weighted by molar-refractivity contribution is 0.431. The van der Waals surface area contributed by atoms with Crippen LogP contribution in [0.1, 0.15) is 44.1 Å². The molecule has 0 aromatic heterocycles. The van der Waals surface area contributed by atoms with Crippen LogP contribution >= 0.6 is 0 Å². The van der Waals surface area contributed by atoms with E-state index in [1.165, 1.54) is 56.3 Å². The maximum absolute atomic E-state index is 6.28. The van der Waals surface area contributed by atoms with Crippen LogP contribution in [0.15, 0.2) is 18.2 Å². The Hall–Kier alpha value is -1.18. The van der Waals surface area contributed by atoms with E-state index in [0.717, 1.165) is 17.6 Å². The molecular formula is C16H24N2. The number of aryl methyl sites for hydroxylation is 1. The first-order valence-electron chi connectivity index (χ1n) is 7.39. The van der Waals surface area contributed by atoms with Crippen LogP contribution in [0.3, 0.4) is 0 Å². The average Bonchev–Trinajstić information content (AvgIpc) is 3.01. The van der Waals surface area contributed by atoms with Crippen molar-refractivity contribution in [3.05, 3.63) is 23.8 Å². The molecule has 2 nitrogen and oxygen atoms in total. The first-order chi connectivity index (χ1) is 8.77. The molecule has 1 unspecified atom stereocenters. The molecule has 1 aliphatic heterocycles. The molecule has 0 amide bonds. The quantitative estimate of drug-likeness (QED) is 0.803. The lowest BCUT2D eigenvalue weighted by atomic mass is 9.95. The molecule has 1 heterocycles. The number of rotatable bonds is 2. The number of benzene rings is 1. The summed E-state index contributed by atoms with van der Waals surface area (Å²) in [7, 11) is 0. The van der Waals surface area contributed by atoms with Crippen molar-refractivity contribution in [2.45, 2.75) is 51.5 Å². The van der Waals surface area contributed by atoms with Gasteiger partial charge in [-0.1, -0.05) is 25.0 Å². The van der Waals surface area contributed by atoms with E-state index in [2.05, 4.69) is 30.0 Å². The highest BCUT2D eigenvalue weighted by Gasteiger charge is 2.34. The Morgan fingerprint density at radius 1 is 1.11 bits per heavy atom. The second-order valence-corrected chi connectivity index (χ2v) is 5.96. The zero-order valence-electron chi connectivity index (χ0n) is 11.4. The van der Waals surface area contributed by atoms with Gasteiger partial charge in [-0.2, -0.15) is 0 Å². The van der Waals surface area contributed by atoms with Crippen molar-refractivity contribution >= 4 is 11.4 Å². The average molecular weight is 244 g/mol. The number of hydrogen-bond acceptors (Lipinski definition) is 2. The van der Waals surface area contributed by atoms with Gasteiger partial charge in [0.15, 0.2) is 0 Å². The first kappa shape index (κ1) is 11.9. The summed E-state index contributed by atoms with van der Waals surface area (Å²) in [5.41, 5.74) is 9.76. The second kappa shape index (κ2) is 4.83. The van der Waals surface area contributed by atoms with Gasteiger partial charge in [0.2, 0.25) is 0 Å². The van der Waals surface area contributed by atoms with Gasteiger partial charge in [0, 0.05) is 12.6 Å². The Kier molecular flexibility index (Phi) is 3.19. The number of nitrogens with zero attached hydrogens (tertiary/aromatic N) is 1. The molecule has 2 aliphatic rings. The van der Waals surface area contributed by atoms with Crippen LogP contribution in [-0.2, 0) is 0 Å². The third-order valence-corrected chi connectivity index (χ3v) is 4.85. The number of hydrogen-bond donors (Lipinski definition) is 1. The highest BCUT2D eigenvalue weighted by molar-refractivity contribution is 5.71. The van der Waals surface area contributed by atoms with Crippen LogP contribution < -0.4 is 10.6 Å². The zero-order chi connectivity index (χ0) is 12.5. The van der Waals surface area contributed by atoms with Crippen LogP contribution in [0.5, 0.6) is 0 Å². The molecule has 1 aromatic carbocycles. The Balaban J connectivity index is 1.87. The minimum atomic E-state index is 0.747. The van der Waals surface area contributed by atoms with E-state index >= 15 is 0 Å². The molecule has 0 radical (unpaired) electrons. The SMILES string of the molecule is Cc1cccc(N2CCCC2C2CCCC2)c1N. The van der Waals surface area contributed by atoms with E-state index in [1.807, 2.05) is 0 Å². The van der Waals surface area contributed by atoms with Gasteiger partial charge in [-0.05, 0) is 50.2 Å². The van der Waals surface area contributed by atoms with Gasteiger partial charge in [-0.15, -0.1) is 0 Å². The standard InChI is InChI=1S/C16H24N2/c1-12-6-4-9-15(16(12)17)18-11-5-10-14(18)13-7-2-3-8-13/h4,6,9,13-14H,2-3,5,7-8,10-11,17H2,1H3. The molecule has 1 aliphatic carbocycles. The van der Waals surface area contributed by atoms with Crippen LogP contribution in [-0.4, -0.2) is 12.6 Å². The van der Waals surface area contributed by atoms with Crippen molar-refractivity contribution in [1.82, 2.24) is 0 Å². The third kappa shape index (κ3) is 1.98. The van der Waals surface area contributed by atoms with Crippen LogP contribution in [0.4, 0.5) is 11.4 Å². The van der Waals surface area contributed by atoms with Crippen LogP contribution in [0, 0.1) is 12.8 Å². The Morgan fingerprint density at radius 2 is 1.89 bits per heavy atom. The number of anilines is 2. The van der Waals surface area contributed by atoms with E-state index in [0.29, 0.717) is 0 Å². The van der Waals surface area contributed by atoms with Crippen molar-refractivity contribution in [2.75, 3.05) is 17.2 Å². The predicted octanol–water partition coefficient (Wildman–Crippen LogP) is 3.74. The van der Waals surface area contributed by atoms with Gasteiger partial charge < -0.3 is 10.6 Å². The van der Waals surface area contributed by atoms with Crippen molar-refractivity contribution < 1.29 is 0 Å². The fraction of sp³-hybridized carbons (Fsp3) is 0.625. The fourth-order valence-corrected chi connectivity index (χ4v) is 3.84. The normalized spacial score (nSPS) is 24.9. The van der Waals surface area contributed by atoms with E-state index in [4.69, 9.17) is 5.73 Å². The lowest BCUT2D eigenvalue weighted by Gasteiger charge is -2.32. The van der Waals surface area contributed by atoms with Crippen molar-refractivity contribution in [2.24, 2.45) is 5.92 Å². The largest absolute Gasteiger partial charge is 0.397 e. The smallest absolute Gasteiger partial charge is 0.0605 e. The van der Waals surface area contributed by atoms with Gasteiger partial charge in [0.1, 0.15) is 0 Å². The van der Waals surface area contributed by atoms with Gasteiger partial charge in [-0.3, -0.25) is 0 Å². The Morgan fingerprint density at radius 3 is 2.67 bits per heavy atom. The molecule has 0 spiro atoms. The van der Waals surface area contributed by atoms with Gasteiger partial charge in [-0.25, -0.2) is 0 Å². The molecule has 3 rings (SSSR count). The summed E-state index contributed by atoms with van der Waals surface area (Å²) in [6, 6.07) is 7.21. The summed E-state index contributed by atoms with van der Waals surface area (Å²) in [6.07, 6.45) is 8.39. The van der Waals surface area contributed by atoms with Crippen LogP contribution in [0.2, 0.25) is 0 Å². The molecule has 0 bridgehead atoms. The number of para-hydroxylation sites is 1. The predicted molar refractivity (Wildman–Crippen MR) is 77.9 cm³/mol. The third-order valence-electron chi connectivity index (χ3n) is 4.85. The van der Waals surface area contributed by atoms with Crippen molar-refractivity contribution in [3.63, 3.8) is 0 Å². The maximum atomic E-state index is 6.28. The van der Waals surface area contributed by atoms with E-state index in [9.17, 15) is 0 Å². The molecule has 1 saturated carbocycles. The topological polar surface area (TPSA) is 29.3 Å². The highest BCUT2D eigenvalue weighted by atomic mass is 15.2. The summed E-state index contributed by atoms with van der Waals surface area (Å²) >= 11 is 0. The monoisotopic (exact) mass is 244 g/mol. The second-order valence-electron chi connectivity index (χ2n) is 5.96. The summed E-state index contributed by atoms with van der Waals surface area (Å²) in [5, 5.41) is 0. The van der Waals surface area contributed by atoms with Crippen molar-refractivity contribution in [1.29, 1.82) is 0 Å². The fourth-order valence-electron chi connectivity index (χ4n) is 3.84. The molecule has 2 fully saturated rings. The lowest BCUT2D eigenvalue weighted by Crippen LogP contribution is -2.35. The van der Waals surface area contributed by atoms with Gasteiger partial charge >= 0.3 is 0 Å². The molecule has 1 aromatic rings. The molecule has 2 N–H and O–H groups in total. The highest BCUT2D eigenvalue weighted by Crippen LogP contribution is 2.39. The number of nitrogen functional groups attached to an aromatic ring is 1. The first-order valence-corrected chi connectivity index (χ1v) is 7.39.